The maximum absolute atomic E-state index is 14.0. The van der Waals surface area contributed by atoms with Gasteiger partial charge in [-0.2, -0.15) is 0 Å². The zero-order valence-electron chi connectivity index (χ0n) is 19.5. The van der Waals surface area contributed by atoms with Crippen LogP contribution in [0.1, 0.15) is 41.1 Å². The van der Waals surface area contributed by atoms with Gasteiger partial charge in [0, 0.05) is 17.7 Å². The van der Waals surface area contributed by atoms with Crippen molar-refractivity contribution < 1.29 is 31.9 Å². The van der Waals surface area contributed by atoms with Crippen molar-refractivity contribution in [3.05, 3.63) is 77.0 Å². The van der Waals surface area contributed by atoms with Crippen LogP contribution in [0.15, 0.2) is 58.1 Å². The molecular formula is C26H26FNO6S. The molecule has 0 saturated carbocycles. The summed E-state index contributed by atoms with van der Waals surface area (Å²) in [5, 5.41) is 9.93. The fourth-order valence-electron chi connectivity index (χ4n) is 4.20. The average Bonchev–Trinajstić information content (AvgIpc) is 3.30. The molecule has 0 saturated heterocycles. The molecule has 0 unspecified atom stereocenters. The number of nitrogens with zero attached hydrogens (tertiary/aromatic N) is 1. The Bertz CT molecular complexity index is 1390. The number of hydrogen-bond acceptors (Lipinski definition) is 6. The highest BCUT2D eigenvalue weighted by atomic mass is 32.2. The maximum atomic E-state index is 14.0. The van der Waals surface area contributed by atoms with Crippen LogP contribution in [0.5, 0.6) is 5.75 Å². The number of carboxylic acid groups (broad SMARTS) is 1. The van der Waals surface area contributed by atoms with E-state index in [0.29, 0.717) is 23.4 Å². The van der Waals surface area contributed by atoms with Crippen molar-refractivity contribution in [1.29, 1.82) is 0 Å². The van der Waals surface area contributed by atoms with Gasteiger partial charge in [0.1, 0.15) is 29.5 Å². The fourth-order valence-corrected chi connectivity index (χ4v) is 5.76. The summed E-state index contributed by atoms with van der Waals surface area (Å²) in [5.74, 6) is -1.75. The minimum absolute atomic E-state index is 0.0469. The van der Waals surface area contributed by atoms with Gasteiger partial charge >= 0.3 is 5.97 Å². The molecule has 0 spiro atoms. The van der Waals surface area contributed by atoms with E-state index in [0.717, 1.165) is 19.2 Å². The van der Waals surface area contributed by atoms with E-state index in [9.17, 15) is 22.7 Å². The van der Waals surface area contributed by atoms with Crippen LogP contribution in [-0.2, 0) is 22.2 Å². The zero-order chi connectivity index (χ0) is 25.2. The number of carbonyl (C=O) groups is 1. The Kier molecular flexibility index (Phi) is 7.09. The molecule has 1 aliphatic rings. The van der Waals surface area contributed by atoms with Gasteiger partial charge in [-0.1, -0.05) is 38.1 Å². The number of hydrogen-bond donors (Lipinski definition) is 1. The van der Waals surface area contributed by atoms with Gasteiger partial charge in [-0.3, -0.25) is 0 Å². The maximum Gasteiger partial charge on any atom is 0.339 e. The van der Waals surface area contributed by atoms with Crippen molar-refractivity contribution in [3.63, 3.8) is 0 Å². The summed E-state index contributed by atoms with van der Waals surface area (Å²) in [5.41, 5.74) is 1.33. The van der Waals surface area contributed by atoms with E-state index < -0.39 is 27.4 Å². The molecule has 0 aliphatic carbocycles. The number of carboxylic acids is 1. The van der Waals surface area contributed by atoms with Crippen LogP contribution < -0.4 is 4.74 Å². The lowest BCUT2D eigenvalue weighted by Crippen LogP contribution is -2.22. The first-order chi connectivity index (χ1) is 16.7. The van der Waals surface area contributed by atoms with Crippen molar-refractivity contribution >= 4 is 21.9 Å². The van der Waals surface area contributed by atoms with Gasteiger partial charge in [0.25, 0.3) is 0 Å². The second kappa shape index (κ2) is 10.1. The van der Waals surface area contributed by atoms with Gasteiger partial charge in [0.05, 0.1) is 16.9 Å². The SMILES string of the molecule is CCN(CC)C/C=C\c1cc(F)ccc1S(=O)(=O)Cc1ccc2c(c1C(=O)O)OCc1occc1-2. The van der Waals surface area contributed by atoms with E-state index in [2.05, 4.69) is 4.90 Å². The lowest BCUT2D eigenvalue weighted by atomic mass is 9.96. The predicted molar refractivity (Wildman–Crippen MR) is 130 cm³/mol. The third kappa shape index (κ3) is 5.01. The molecule has 0 bridgehead atoms. The Morgan fingerprint density at radius 2 is 1.91 bits per heavy atom. The van der Waals surface area contributed by atoms with E-state index in [1.54, 1.807) is 24.3 Å². The summed E-state index contributed by atoms with van der Waals surface area (Å²) < 4.78 is 51.9. The van der Waals surface area contributed by atoms with E-state index in [-0.39, 0.29) is 33.9 Å². The van der Waals surface area contributed by atoms with Crippen molar-refractivity contribution in [3.8, 4) is 16.9 Å². The minimum atomic E-state index is -4.02. The highest BCUT2D eigenvalue weighted by molar-refractivity contribution is 7.90. The Hall–Kier alpha value is -3.43. The fraction of sp³-hybridized carbons (Fsp3) is 0.269. The summed E-state index contributed by atoms with van der Waals surface area (Å²) >= 11 is 0. The molecule has 0 fully saturated rings. The molecule has 1 N–H and O–H groups in total. The predicted octanol–water partition coefficient (Wildman–Crippen LogP) is 5.01. The lowest BCUT2D eigenvalue weighted by molar-refractivity contribution is 0.0690. The molecule has 0 amide bonds. The van der Waals surface area contributed by atoms with Crippen LogP contribution in [0.4, 0.5) is 4.39 Å². The van der Waals surface area contributed by atoms with Gasteiger partial charge in [0.15, 0.2) is 9.84 Å². The van der Waals surface area contributed by atoms with Gasteiger partial charge in [-0.15, -0.1) is 0 Å². The minimum Gasteiger partial charge on any atom is -0.484 e. The molecule has 9 heteroatoms. The highest BCUT2D eigenvalue weighted by Crippen LogP contribution is 2.42. The number of sulfone groups is 1. The molecule has 35 heavy (non-hydrogen) atoms. The number of halogens is 1. The number of likely N-dealkylation sites (N-methyl/N-ethyl adjacent to an activating group) is 1. The Labute approximate surface area is 203 Å². The summed E-state index contributed by atoms with van der Waals surface area (Å²) in [6.07, 6.45) is 4.87. The van der Waals surface area contributed by atoms with Crippen LogP contribution in [-0.4, -0.2) is 44.0 Å². The molecule has 0 atom stereocenters. The summed E-state index contributed by atoms with van der Waals surface area (Å²) in [6.45, 7) is 6.33. The highest BCUT2D eigenvalue weighted by Gasteiger charge is 2.30. The molecule has 2 aromatic carbocycles. The Balaban J connectivity index is 1.72. The standard InChI is InChI=1S/C26H26FNO6S/c1-3-28(4-2)12-5-6-17-14-19(27)8-10-23(17)35(31,32)16-18-7-9-21-20-11-13-33-22(20)15-34-25(21)24(18)26(29)30/h5-11,13-14H,3-4,12,15-16H2,1-2H3,(H,29,30)/b6-5-. The second-order valence-electron chi connectivity index (χ2n) is 8.16. The molecule has 3 aromatic rings. The van der Waals surface area contributed by atoms with Crippen LogP contribution >= 0.6 is 0 Å². The van der Waals surface area contributed by atoms with Crippen molar-refractivity contribution in [2.45, 2.75) is 31.1 Å². The quantitative estimate of drug-likeness (QED) is 0.414. The molecule has 184 valence electrons. The van der Waals surface area contributed by atoms with Crippen LogP contribution in [0.3, 0.4) is 0 Å². The molecule has 4 rings (SSSR count). The van der Waals surface area contributed by atoms with Crippen LogP contribution in [0, 0.1) is 5.82 Å². The smallest absolute Gasteiger partial charge is 0.339 e. The number of furan rings is 1. The summed E-state index contributed by atoms with van der Waals surface area (Å²) in [6, 6.07) is 8.30. The molecular weight excluding hydrogens is 473 g/mol. The van der Waals surface area contributed by atoms with E-state index in [1.807, 2.05) is 13.8 Å². The third-order valence-electron chi connectivity index (χ3n) is 6.05. The van der Waals surface area contributed by atoms with Crippen LogP contribution in [0.25, 0.3) is 17.2 Å². The normalized spacial score (nSPS) is 13.0. The number of ether oxygens (including phenoxy) is 1. The van der Waals surface area contributed by atoms with Gasteiger partial charge < -0.3 is 19.2 Å². The molecule has 2 heterocycles. The van der Waals surface area contributed by atoms with Gasteiger partial charge in [-0.05, 0) is 48.5 Å². The van der Waals surface area contributed by atoms with Crippen molar-refractivity contribution in [1.82, 2.24) is 4.90 Å². The summed E-state index contributed by atoms with van der Waals surface area (Å²) in [7, 11) is -4.02. The monoisotopic (exact) mass is 499 g/mol. The molecule has 7 nitrogen and oxygen atoms in total. The largest absolute Gasteiger partial charge is 0.484 e. The first kappa shape index (κ1) is 24.7. The van der Waals surface area contributed by atoms with E-state index >= 15 is 0 Å². The Morgan fingerprint density at radius 3 is 2.63 bits per heavy atom. The number of rotatable bonds is 9. The number of fused-ring (bicyclic) bond motifs is 3. The molecule has 1 aromatic heterocycles. The van der Waals surface area contributed by atoms with E-state index in [1.165, 1.54) is 24.5 Å². The first-order valence-corrected chi connectivity index (χ1v) is 12.9. The summed E-state index contributed by atoms with van der Waals surface area (Å²) in [4.78, 5) is 14.2. The molecule has 0 radical (unpaired) electrons. The lowest BCUT2D eigenvalue weighted by Gasteiger charge is -2.21. The van der Waals surface area contributed by atoms with E-state index in [4.69, 9.17) is 9.15 Å². The van der Waals surface area contributed by atoms with Gasteiger partial charge in [-0.25, -0.2) is 17.6 Å². The third-order valence-corrected chi connectivity index (χ3v) is 7.78. The van der Waals surface area contributed by atoms with Crippen LogP contribution in [0.2, 0.25) is 0 Å². The average molecular weight is 500 g/mol. The topological polar surface area (TPSA) is 97.1 Å². The zero-order valence-corrected chi connectivity index (χ0v) is 20.3. The first-order valence-electron chi connectivity index (χ1n) is 11.2. The number of benzene rings is 2. The molecule has 1 aliphatic heterocycles. The van der Waals surface area contributed by atoms with Crippen molar-refractivity contribution in [2.24, 2.45) is 0 Å². The Morgan fingerprint density at radius 1 is 1.14 bits per heavy atom. The van der Waals surface area contributed by atoms with Crippen molar-refractivity contribution in [2.75, 3.05) is 19.6 Å². The van der Waals surface area contributed by atoms with Gasteiger partial charge in [0.2, 0.25) is 0 Å². The second-order valence-corrected chi connectivity index (χ2v) is 10.1. The number of aromatic carboxylic acids is 1.